The first-order valence-corrected chi connectivity index (χ1v) is 9.18. The first-order chi connectivity index (χ1) is 13.0. The summed E-state index contributed by atoms with van der Waals surface area (Å²) in [6.07, 6.45) is 0. The lowest BCUT2D eigenvalue weighted by Gasteiger charge is -2.19. The quantitative estimate of drug-likeness (QED) is 0.569. The van der Waals surface area contributed by atoms with Gasteiger partial charge in [0, 0.05) is 23.8 Å². The number of carboxylic acids is 1. The Labute approximate surface area is 167 Å². The van der Waals surface area contributed by atoms with E-state index in [0.717, 1.165) is 24.5 Å². The summed E-state index contributed by atoms with van der Waals surface area (Å²) in [4.78, 5) is 13.6. The lowest BCUT2D eigenvalue weighted by molar-refractivity contribution is 0.0698. The van der Waals surface area contributed by atoms with Gasteiger partial charge in [0.1, 0.15) is 0 Å². The Hall–Kier alpha value is -2.69. The second kappa shape index (κ2) is 7.14. The highest BCUT2D eigenvalue weighted by Crippen LogP contribution is 2.36. The number of nitrogens with one attached hydrogen (secondary N) is 1. The molecule has 0 unspecified atom stereocenters. The molecule has 0 saturated heterocycles. The molecule has 0 fully saturated rings. The Morgan fingerprint density at radius 1 is 0.963 bits per heavy atom. The van der Waals surface area contributed by atoms with Gasteiger partial charge in [-0.05, 0) is 53.6 Å². The zero-order valence-corrected chi connectivity index (χ0v) is 15.8. The standard InChI is InChI=1S/C21H16Cl2N2O2/c22-15-6-8-20(18(23)10-15)25-11-13-5-7-16(9-14(13)12-25)24-19-4-2-1-3-17(19)21(26)27/h1-10,24H,11-12H2,(H,26,27). The summed E-state index contributed by atoms with van der Waals surface area (Å²) in [5.41, 5.74) is 5.01. The van der Waals surface area contributed by atoms with Gasteiger partial charge in [-0.3, -0.25) is 0 Å². The van der Waals surface area contributed by atoms with Gasteiger partial charge in [-0.2, -0.15) is 0 Å². The number of anilines is 3. The van der Waals surface area contributed by atoms with E-state index in [-0.39, 0.29) is 5.56 Å². The highest BCUT2D eigenvalue weighted by Gasteiger charge is 2.21. The highest BCUT2D eigenvalue weighted by atomic mass is 35.5. The molecule has 4 nitrogen and oxygen atoms in total. The number of para-hydroxylation sites is 1. The number of nitrogens with zero attached hydrogens (tertiary/aromatic N) is 1. The molecule has 0 radical (unpaired) electrons. The molecule has 1 aliphatic heterocycles. The van der Waals surface area contributed by atoms with Crippen LogP contribution in [0.2, 0.25) is 10.0 Å². The summed E-state index contributed by atoms with van der Waals surface area (Å²) in [6, 6.07) is 18.5. The van der Waals surface area contributed by atoms with Gasteiger partial charge in [0.05, 0.1) is 22.0 Å². The van der Waals surface area contributed by atoms with Gasteiger partial charge >= 0.3 is 5.97 Å². The molecule has 0 spiro atoms. The second-order valence-corrected chi connectivity index (χ2v) is 7.25. The molecule has 0 amide bonds. The predicted molar refractivity (Wildman–Crippen MR) is 109 cm³/mol. The number of carbonyl (C=O) groups is 1. The molecular weight excluding hydrogens is 383 g/mol. The van der Waals surface area contributed by atoms with E-state index in [1.165, 1.54) is 11.1 Å². The Balaban J connectivity index is 1.58. The molecule has 0 bridgehead atoms. The number of carboxylic acid groups (broad SMARTS) is 1. The Bertz CT molecular complexity index is 1040. The first-order valence-electron chi connectivity index (χ1n) is 8.42. The van der Waals surface area contributed by atoms with Gasteiger partial charge in [0.2, 0.25) is 0 Å². The number of rotatable bonds is 4. The minimum Gasteiger partial charge on any atom is -0.478 e. The van der Waals surface area contributed by atoms with Crippen molar-refractivity contribution in [1.82, 2.24) is 0 Å². The van der Waals surface area contributed by atoms with E-state index in [0.29, 0.717) is 15.7 Å². The Morgan fingerprint density at radius 3 is 2.52 bits per heavy atom. The number of benzene rings is 3. The minimum atomic E-state index is -0.956. The highest BCUT2D eigenvalue weighted by molar-refractivity contribution is 6.36. The molecule has 0 aliphatic carbocycles. The van der Waals surface area contributed by atoms with E-state index < -0.39 is 5.97 Å². The van der Waals surface area contributed by atoms with Gasteiger partial charge in [-0.1, -0.05) is 41.4 Å². The summed E-state index contributed by atoms with van der Waals surface area (Å²) in [7, 11) is 0. The maximum Gasteiger partial charge on any atom is 0.337 e. The fourth-order valence-electron chi connectivity index (χ4n) is 3.31. The molecule has 1 aliphatic rings. The van der Waals surface area contributed by atoms with Crippen LogP contribution in [0.25, 0.3) is 0 Å². The van der Waals surface area contributed by atoms with Crippen molar-refractivity contribution in [2.75, 3.05) is 10.2 Å². The topological polar surface area (TPSA) is 52.6 Å². The number of aromatic carboxylic acids is 1. The molecule has 6 heteroatoms. The summed E-state index contributed by atoms with van der Waals surface area (Å²) < 4.78 is 0. The SMILES string of the molecule is O=C(O)c1ccccc1Nc1ccc2c(c1)CN(c1ccc(Cl)cc1Cl)C2. The molecule has 136 valence electrons. The van der Waals surface area contributed by atoms with Gasteiger partial charge in [-0.15, -0.1) is 0 Å². The Kier molecular flexibility index (Phi) is 4.68. The molecule has 0 atom stereocenters. The summed E-state index contributed by atoms with van der Waals surface area (Å²) in [6.45, 7) is 1.50. The van der Waals surface area contributed by atoms with Gasteiger partial charge < -0.3 is 15.3 Å². The van der Waals surface area contributed by atoms with Crippen LogP contribution < -0.4 is 10.2 Å². The zero-order chi connectivity index (χ0) is 19.0. The Morgan fingerprint density at radius 2 is 1.74 bits per heavy atom. The fourth-order valence-corrected chi connectivity index (χ4v) is 3.84. The number of hydrogen-bond acceptors (Lipinski definition) is 3. The van der Waals surface area contributed by atoms with Crippen LogP contribution in [0.1, 0.15) is 21.5 Å². The molecule has 4 rings (SSSR count). The first kappa shape index (κ1) is 17.7. The molecule has 27 heavy (non-hydrogen) atoms. The largest absolute Gasteiger partial charge is 0.478 e. The number of halogens is 2. The van der Waals surface area contributed by atoms with E-state index >= 15 is 0 Å². The normalized spacial score (nSPS) is 12.7. The molecule has 3 aromatic carbocycles. The van der Waals surface area contributed by atoms with Crippen molar-refractivity contribution in [3.05, 3.63) is 87.4 Å². The van der Waals surface area contributed by atoms with Crippen molar-refractivity contribution < 1.29 is 9.90 Å². The van der Waals surface area contributed by atoms with E-state index in [9.17, 15) is 9.90 Å². The van der Waals surface area contributed by atoms with Crippen molar-refractivity contribution >= 4 is 46.2 Å². The van der Waals surface area contributed by atoms with E-state index in [2.05, 4.69) is 22.3 Å². The summed E-state index contributed by atoms with van der Waals surface area (Å²) >= 11 is 12.3. The van der Waals surface area contributed by atoms with E-state index in [4.69, 9.17) is 23.2 Å². The van der Waals surface area contributed by atoms with Crippen LogP contribution in [0.5, 0.6) is 0 Å². The number of hydrogen-bond donors (Lipinski definition) is 2. The van der Waals surface area contributed by atoms with Crippen molar-refractivity contribution in [3.8, 4) is 0 Å². The van der Waals surface area contributed by atoms with E-state index in [1.807, 2.05) is 24.3 Å². The van der Waals surface area contributed by atoms with Crippen LogP contribution >= 0.6 is 23.2 Å². The van der Waals surface area contributed by atoms with Crippen molar-refractivity contribution in [3.63, 3.8) is 0 Å². The van der Waals surface area contributed by atoms with Crippen molar-refractivity contribution in [1.29, 1.82) is 0 Å². The third-order valence-corrected chi connectivity index (χ3v) is 5.15. The van der Waals surface area contributed by atoms with Crippen LogP contribution in [-0.2, 0) is 13.1 Å². The smallest absolute Gasteiger partial charge is 0.337 e. The maximum absolute atomic E-state index is 11.4. The van der Waals surface area contributed by atoms with Crippen molar-refractivity contribution in [2.24, 2.45) is 0 Å². The van der Waals surface area contributed by atoms with Gasteiger partial charge in [0.15, 0.2) is 0 Å². The average molecular weight is 399 g/mol. The number of fused-ring (bicyclic) bond motifs is 1. The monoisotopic (exact) mass is 398 g/mol. The van der Waals surface area contributed by atoms with Crippen LogP contribution in [0.4, 0.5) is 17.1 Å². The summed E-state index contributed by atoms with van der Waals surface area (Å²) in [5.74, 6) is -0.956. The molecule has 1 heterocycles. The second-order valence-electron chi connectivity index (χ2n) is 6.41. The maximum atomic E-state index is 11.4. The third kappa shape index (κ3) is 3.59. The van der Waals surface area contributed by atoms with Crippen LogP contribution in [0.15, 0.2) is 60.7 Å². The van der Waals surface area contributed by atoms with Crippen molar-refractivity contribution in [2.45, 2.75) is 13.1 Å². The van der Waals surface area contributed by atoms with E-state index in [1.54, 1.807) is 24.3 Å². The predicted octanol–water partition coefficient (Wildman–Crippen LogP) is 5.96. The molecular formula is C21H16Cl2N2O2. The third-order valence-electron chi connectivity index (χ3n) is 4.62. The average Bonchev–Trinajstić information content (AvgIpc) is 3.05. The fraction of sp³-hybridized carbons (Fsp3) is 0.0952. The van der Waals surface area contributed by atoms with Crippen LogP contribution in [0.3, 0.4) is 0 Å². The molecule has 3 aromatic rings. The zero-order valence-electron chi connectivity index (χ0n) is 14.2. The molecule has 0 saturated carbocycles. The lowest BCUT2D eigenvalue weighted by Crippen LogP contribution is -2.14. The lowest BCUT2D eigenvalue weighted by atomic mass is 10.1. The van der Waals surface area contributed by atoms with Gasteiger partial charge in [-0.25, -0.2) is 4.79 Å². The molecule has 2 N–H and O–H groups in total. The van der Waals surface area contributed by atoms with Gasteiger partial charge in [0.25, 0.3) is 0 Å². The summed E-state index contributed by atoms with van der Waals surface area (Å²) in [5, 5.41) is 13.8. The minimum absolute atomic E-state index is 0.243. The molecule has 0 aromatic heterocycles. The van der Waals surface area contributed by atoms with Crippen LogP contribution in [0, 0.1) is 0 Å². The van der Waals surface area contributed by atoms with Crippen LogP contribution in [-0.4, -0.2) is 11.1 Å².